The molecule has 2 aromatic heterocycles. The van der Waals surface area contributed by atoms with Gasteiger partial charge in [-0.3, -0.25) is 14.5 Å². The fourth-order valence-electron chi connectivity index (χ4n) is 8.13. The number of esters is 1. The number of ether oxygens (including phenoxy) is 3. The smallest absolute Gasteiger partial charge is 0.408 e. The van der Waals surface area contributed by atoms with E-state index in [0.717, 1.165) is 49.2 Å². The number of aliphatic hydroxyl groups excluding tert-OH is 1. The van der Waals surface area contributed by atoms with Crippen molar-refractivity contribution in [2.75, 3.05) is 39.3 Å². The van der Waals surface area contributed by atoms with Gasteiger partial charge in [-0.15, -0.1) is 0 Å². The van der Waals surface area contributed by atoms with Gasteiger partial charge in [0.1, 0.15) is 24.2 Å². The zero-order valence-electron chi connectivity index (χ0n) is 35.0. The van der Waals surface area contributed by atoms with Crippen LogP contribution in [0.15, 0.2) is 119 Å². The number of nitrogens with zero attached hydrogens (tertiary/aromatic N) is 2. The highest BCUT2D eigenvalue weighted by Crippen LogP contribution is 2.31. The van der Waals surface area contributed by atoms with Crippen LogP contribution in [0.4, 0.5) is 4.79 Å². The number of nitrogens with one attached hydrogen (secondary N) is 4. The molecular weight excluding hydrogens is 821 g/mol. The maximum atomic E-state index is 13.2. The molecule has 3 atom stereocenters. The minimum Gasteiger partial charge on any atom is -0.506 e. The Bertz CT molecular complexity index is 2610. The first-order chi connectivity index (χ1) is 31.2. The number of hydrogen-bond donors (Lipinski definition) is 6. The second-order valence-corrected chi connectivity index (χ2v) is 16.0. The number of aromatic amines is 1. The zero-order valence-corrected chi connectivity index (χ0v) is 35.0. The van der Waals surface area contributed by atoms with Gasteiger partial charge in [0.05, 0.1) is 36.4 Å². The van der Waals surface area contributed by atoms with Crippen molar-refractivity contribution in [1.29, 1.82) is 0 Å². The summed E-state index contributed by atoms with van der Waals surface area (Å²) in [7, 11) is 0. The van der Waals surface area contributed by atoms with Crippen molar-refractivity contribution in [2.24, 2.45) is 5.92 Å². The first kappa shape index (κ1) is 43.6. The van der Waals surface area contributed by atoms with Crippen molar-refractivity contribution < 1.29 is 43.3 Å². The Morgan fingerprint density at radius 3 is 2.50 bits per heavy atom. The predicted molar refractivity (Wildman–Crippen MR) is 235 cm³/mol. The second kappa shape index (κ2) is 20.4. The second-order valence-electron chi connectivity index (χ2n) is 16.0. The van der Waals surface area contributed by atoms with Crippen LogP contribution >= 0.6 is 0 Å². The van der Waals surface area contributed by atoms with Gasteiger partial charge >= 0.3 is 12.1 Å². The fourth-order valence-corrected chi connectivity index (χ4v) is 8.13. The number of piperidine rings is 3. The van der Waals surface area contributed by atoms with Gasteiger partial charge in [-0.2, -0.15) is 0 Å². The molecule has 3 saturated heterocycles. The highest BCUT2D eigenvalue weighted by molar-refractivity contribution is 5.92. The van der Waals surface area contributed by atoms with Gasteiger partial charge < -0.3 is 49.9 Å². The highest BCUT2D eigenvalue weighted by Gasteiger charge is 2.37. The summed E-state index contributed by atoms with van der Waals surface area (Å²) >= 11 is 0. The molecule has 0 spiro atoms. The summed E-state index contributed by atoms with van der Waals surface area (Å²) < 4.78 is 22.8. The van der Waals surface area contributed by atoms with Crippen LogP contribution in [0.25, 0.3) is 10.9 Å². The number of hydrogen-bond acceptors (Lipinski definition) is 13. The fraction of sp³-hybridized carbons (Fsp3) is 0.312. The van der Waals surface area contributed by atoms with E-state index in [1.54, 1.807) is 36.4 Å². The van der Waals surface area contributed by atoms with Gasteiger partial charge in [-0.25, -0.2) is 9.59 Å². The molecule has 3 aliphatic heterocycles. The topological polar surface area (TPSA) is 218 Å². The third kappa shape index (κ3) is 10.9. The lowest BCUT2D eigenvalue weighted by Gasteiger charge is -2.43. The number of phenolic OH excluding ortho intramolecular Hbond substituents is 1. The van der Waals surface area contributed by atoms with Crippen molar-refractivity contribution >= 4 is 28.9 Å². The van der Waals surface area contributed by atoms with Crippen LogP contribution in [0.2, 0.25) is 0 Å². The number of amides is 2. The average Bonchev–Trinajstić information content (AvgIpc) is 3.80. The van der Waals surface area contributed by atoms with Crippen molar-refractivity contribution in [2.45, 2.75) is 50.7 Å². The van der Waals surface area contributed by atoms with Gasteiger partial charge in [0, 0.05) is 37.2 Å². The number of aliphatic hydroxyl groups is 1. The highest BCUT2D eigenvalue weighted by atomic mass is 16.6. The molecule has 0 radical (unpaired) electrons. The monoisotopic (exact) mass is 870 g/mol. The molecule has 16 nitrogen and oxygen atoms in total. The Balaban J connectivity index is 0.745. The lowest BCUT2D eigenvalue weighted by molar-refractivity contribution is -0.0336. The first-order valence-electron chi connectivity index (χ1n) is 21.4. The van der Waals surface area contributed by atoms with Crippen LogP contribution in [-0.2, 0) is 22.6 Å². The standard InChI is InChI=1S/C48H50N6O10/c55-40-16-14-37(38-15-17-43(57)51-45(38)40)41(56)27-49-26-36-25-39(53-64-36)46(58)50-20-5-23-61-47(59)33-12-10-30(11-13-33)29-62-35-9-4-8-34(24-35)44(32-6-2-1-3-7-32)52-48(60)63-42-28-54-21-18-31(42)19-22-54/h1-4,6-17,24-25,31,41-42,44,49,55-56H,5,18-23,26-29H2,(H,50,58)(H,51,57)(H,52,60). The summed E-state index contributed by atoms with van der Waals surface area (Å²) in [4.78, 5) is 55.2. The summed E-state index contributed by atoms with van der Waals surface area (Å²) in [6, 6.07) is 31.2. The molecular formula is C48H50N6O10. The summed E-state index contributed by atoms with van der Waals surface area (Å²) in [5.74, 6) is 0.351. The number of rotatable bonds is 18. The van der Waals surface area contributed by atoms with Crippen LogP contribution < -0.4 is 26.2 Å². The SMILES string of the molecule is O=C(NC(c1ccccc1)c1cccc(OCc2ccc(C(=O)OCCCNC(=O)c3cc(CNCC(O)c4ccc(O)c5[nH]c(=O)ccc45)on3)cc2)c1)OC1CN2CCC1CC2. The van der Waals surface area contributed by atoms with Crippen molar-refractivity contribution in [3.63, 3.8) is 0 Å². The molecule has 332 valence electrons. The van der Waals surface area contributed by atoms with E-state index in [1.165, 1.54) is 18.2 Å². The lowest BCUT2D eigenvalue weighted by Crippen LogP contribution is -2.52. The molecule has 5 heterocycles. The Hall–Kier alpha value is -7.01. The van der Waals surface area contributed by atoms with Crippen LogP contribution in [0.1, 0.15) is 80.3 Å². The molecule has 16 heteroatoms. The lowest BCUT2D eigenvalue weighted by atomic mass is 9.86. The molecule has 0 saturated carbocycles. The molecule has 3 unspecified atom stereocenters. The molecule has 6 N–H and O–H groups in total. The predicted octanol–water partition coefficient (Wildman–Crippen LogP) is 5.51. The first-order valence-corrected chi connectivity index (χ1v) is 21.4. The summed E-state index contributed by atoms with van der Waals surface area (Å²) in [5.41, 5.74) is 3.45. The molecule has 9 rings (SSSR count). The van der Waals surface area contributed by atoms with Crippen molar-refractivity contribution in [1.82, 2.24) is 31.0 Å². The third-order valence-electron chi connectivity index (χ3n) is 11.6. The molecule has 6 aromatic rings. The summed E-state index contributed by atoms with van der Waals surface area (Å²) in [5, 5.41) is 34.1. The average molecular weight is 871 g/mol. The molecule has 2 bridgehead atoms. The van der Waals surface area contributed by atoms with Crippen molar-refractivity contribution in [3.8, 4) is 11.5 Å². The number of benzene rings is 4. The number of aromatic hydroxyl groups is 1. The summed E-state index contributed by atoms with van der Waals surface area (Å²) in [6.07, 6.45) is 0.971. The summed E-state index contributed by atoms with van der Waals surface area (Å²) in [6.45, 7) is 3.77. The van der Waals surface area contributed by atoms with Gasteiger partial charge in [0.25, 0.3) is 5.91 Å². The van der Waals surface area contributed by atoms with E-state index in [0.29, 0.717) is 40.4 Å². The van der Waals surface area contributed by atoms with E-state index < -0.39 is 30.1 Å². The minimum atomic E-state index is -0.966. The number of pyridine rings is 1. The Morgan fingerprint density at radius 1 is 0.922 bits per heavy atom. The van der Waals surface area contributed by atoms with Crippen molar-refractivity contribution in [3.05, 3.63) is 159 Å². The van der Waals surface area contributed by atoms with Gasteiger partial charge in [0.15, 0.2) is 11.5 Å². The molecule has 3 aliphatic rings. The molecule has 2 amide bonds. The van der Waals surface area contributed by atoms with E-state index in [9.17, 15) is 29.4 Å². The van der Waals surface area contributed by atoms with E-state index in [2.05, 4.69) is 31.0 Å². The molecule has 64 heavy (non-hydrogen) atoms. The Labute approximate surface area is 368 Å². The quantitative estimate of drug-likeness (QED) is 0.0465. The number of aromatic nitrogens is 2. The zero-order chi connectivity index (χ0) is 44.4. The van der Waals surface area contributed by atoms with E-state index in [-0.39, 0.29) is 61.5 Å². The van der Waals surface area contributed by atoms with E-state index in [4.69, 9.17) is 18.7 Å². The van der Waals surface area contributed by atoms with E-state index in [1.807, 2.05) is 54.6 Å². The number of fused-ring (bicyclic) bond motifs is 4. The maximum Gasteiger partial charge on any atom is 0.408 e. The van der Waals surface area contributed by atoms with Gasteiger partial charge in [-0.1, -0.05) is 65.8 Å². The number of carbonyl (C=O) groups excluding carboxylic acids is 3. The van der Waals surface area contributed by atoms with Gasteiger partial charge in [-0.05, 0) is 96.9 Å². The van der Waals surface area contributed by atoms with Crippen LogP contribution in [0.5, 0.6) is 11.5 Å². The van der Waals surface area contributed by atoms with E-state index >= 15 is 0 Å². The largest absolute Gasteiger partial charge is 0.506 e. The normalized spacial score (nSPS) is 17.6. The Kier molecular flexibility index (Phi) is 13.9. The molecule has 3 fully saturated rings. The van der Waals surface area contributed by atoms with Crippen LogP contribution in [0, 0.1) is 5.92 Å². The number of H-pyrrole nitrogens is 1. The molecule has 0 aliphatic carbocycles. The number of carbonyl (C=O) groups is 3. The Morgan fingerprint density at radius 2 is 1.72 bits per heavy atom. The van der Waals surface area contributed by atoms with Crippen LogP contribution in [-0.4, -0.2) is 88.7 Å². The number of phenols is 1. The minimum absolute atomic E-state index is 0.0737. The maximum absolute atomic E-state index is 13.2. The number of alkyl carbamates (subject to hydrolysis) is 1. The molecule has 4 aromatic carbocycles. The van der Waals surface area contributed by atoms with Crippen LogP contribution in [0.3, 0.4) is 0 Å². The van der Waals surface area contributed by atoms with Gasteiger partial charge in [0.2, 0.25) is 5.56 Å². The third-order valence-corrected chi connectivity index (χ3v) is 11.6.